The Labute approximate surface area is 112 Å². The van der Waals surface area contributed by atoms with Crippen molar-refractivity contribution in [1.29, 1.82) is 5.26 Å². The highest BCUT2D eigenvalue weighted by Crippen LogP contribution is 2.33. The van der Waals surface area contributed by atoms with Gasteiger partial charge in [-0.25, -0.2) is 0 Å². The van der Waals surface area contributed by atoms with Crippen LogP contribution >= 0.6 is 0 Å². The summed E-state index contributed by atoms with van der Waals surface area (Å²) < 4.78 is 0. The van der Waals surface area contributed by atoms with Crippen molar-refractivity contribution in [2.24, 2.45) is 0 Å². The summed E-state index contributed by atoms with van der Waals surface area (Å²) in [7, 11) is 6.14. The average molecular weight is 252 g/mol. The van der Waals surface area contributed by atoms with Crippen LogP contribution < -0.4 is 5.32 Å². The van der Waals surface area contributed by atoms with Gasteiger partial charge in [-0.3, -0.25) is 4.90 Å². The molecule has 18 heavy (non-hydrogen) atoms. The lowest BCUT2D eigenvalue weighted by atomic mass is 9.99. The first-order valence-corrected chi connectivity index (χ1v) is 6.98. The average Bonchev–Trinajstić information content (AvgIpc) is 2.74. The third-order valence-electron chi connectivity index (χ3n) is 4.21. The molecule has 1 aliphatic carbocycles. The third-order valence-corrected chi connectivity index (χ3v) is 4.21. The SMILES string of the molecule is CCN(C(C)CN(C)C)C1CCC(C#N)(NC)C1. The van der Waals surface area contributed by atoms with Crippen LogP contribution in [0.5, 0.6) is 0 Å². The van der Waals surface area contributed by atoms with Gasteiger partial charge in [0.25, 0.3) is 0 Å². The second kappa shape index (κ2) is 6.51. The normalized spacial score (nSPS) is 29.8. The summed E-state index contributed by atoms with van der Waals surface area (Å²) in [6.45, 7) is 6.64. The highest BCUT2D eigenvalue weighted by Gasteiger charge is 2.41. The first-order valence-electron chi connectivity index (χ1n) is 6.98. The maximum atomic E-state index is 9.33. The Morgan fingerprint density at radius 3 is 2.56 bits per heavy atom. The Balaban J connectivity index is 2.66. The molecule has 0 aromatic carbocycles. The van der Waals surface area contributed by atoms with Crippen molar-refractivity contribution in [3.63, 3.8) is 0 Å². The Hall–Kier alpha value is -0.630. The van der Waals surface area contributed by atoms with Crippen LogP contribution in [0.1, 0.15) is 33.1 Å². The molecule has 1 aliphatic rings. The largest absolute Gasteiger partial charge is 0.308 e. The summed E-state index contributed by atoms with van der Waals surface area (Å²) in [6, 6.07) is 3.55. The molecule has 3 unspecified atom stereocenters. The van der Waals surface area contributed by atoms with Crippen LogP contribution in [0.3, 0.4) is 0 Å². The molecule has 1 saturated carbocycles. The molecule has 1 N–H and O–H groups in total. The van der Waals surface area contributed by atoms with Gasteiger partial charge in [0.05, 0.1) is 6.07 Å². The van der Waals surface area contributed by atoms with Crippen LogP contribution in [0.4, 0.5) is 0 Å². The maximum Gasteiger partial charge on any atom is 0.108 e. The Morgan fingerprint density at radius 1 is 1.50 bits per heavy atom. The molecule has 1 rings (SSSR count). The quantitative estimate of drug-likeness (QED) is 0.773. The molecule has 0 aromatic heterocycles. The smallest absolute Gasteiger partial charge is 0.108 e. The Bertz CT molecular complexity index is 297. The van der Waals surface area contributed by atoms with Crippen LogP contribution in [0.2, 0.25) is 0 Å². The zero-order valence-electron chi connectivity index (χ0n) is 12.5. The molecule has 4 nitrogen and oxygen atoms in total. The topological polar surface area (TPSA) is 42.3 Å². The van der Waals surface area contributed by atoms with E-state index in [0.29, 0.717) is 12.1 Å². The Morgan fingerprint density at radius 2 is 2.17 bits per heavy atom. The molecule has 0 aromatic rings. The molecule has 0 heterocycles. The monoisotopic (exact) mass is 252 g/mol. The van der Waals surface area contributed by atoms with Crippen LogP contribution in [0.25, 0.3) is 0 Å². The molecular formula is C14H28N4. The van der Waals surface area contributed by atoms with Gasteiger partial charge in [0.2, 0.25) is 0 Å². The van der Waals surface area contributed by atoms with E-state index in [2.05, 4.69) is 49.1 Å². The van der Waals surface area contributed by atoms with E-state index < -0.39 is 0 Å². The van der Waals surface area contributed by atoms with Gasteiger partial charge >= 0.3 is 0 Å². The number of hydrogen-bond acceptors (Lipinski definition) is 4. The van der Waals surface area contributed by atoms with Crippen molar-refractivity contribution in [2.75, 3.05) is 34.2 Å². The molecule has 4 heteroatoms. The highest BCUT2D eigenvalue weighted by molar-refractivity contribution is 5.13. The van der Waals surface area contributed by atoms with Gasteiger partial charge in [-0.15, -0.1) is 0 Å². The van der Waals surface area contributed by atoms with E-state index in [1.165, 1.54) is 0 Å². The van der Waals surface area contributed by atoms with Gasteiger partial charge in [-0.2, -0.15) is 5.26 Å². The van der Waals surface area contributed by atoms with Gasteiger partial charge < -0.3 is 10.2 Å². The fraction of sp³-hybridized carbons (Fsp3) is 0.929. The van der Waals surface area contributed by atoms with E-state index in [1.54, 1.807) is 0 Å². The lowest BCUT2D eigenvalue weighted by molar-refractivity contribution is 0.126. The molecule has 0 radical (unpaired) electrons. The van der Waals surface area contributed by atoms with Gasteiger partial charge in [0.15, 0.2) is 0 Å². The van der Waals surface area contributed by atoms with Crippen LogP contribution in [0, 0.1) is 11.3 Å². The van der Waals surface area contributed by atoms with Crippen molar-refractivity contribution in [3.05, 3.63) is 0 Å². The first-order chi connectivity index (χ1) is 8.48. The molecule has 0 spiro atoms. The van der Waals surface area contributed by atoms with Gasteiger partial charge in [0, 0.05) is 18.6 Å². The van der Waals surface area contributed by atoms with Gasteiger partial charge in [0.1, 0.15) is 5.54 Å². The summed E-state index contributed by atoms with van der Waals surface area (Å²) in [4.78, 5) is 4.79. The first kappa shape index (κ1) is 15.4. The predicted molar refractivity (Wildman–Crippen MR) is 75.4 cm³/mol. The molecule has 0 amide bonds. The summed E-state index contributed by atoms with van der Waals surface area (Å²) in [5.41, 5.74) is -0.296. The number of nitrogens with one attached hydrogen (secondary N) is 1. The van der Waals surface area contributed by atoms with E-state index in [-0.39, 0.29) is 5.54 Å². The van der Waals surface area contributed by atoms with Gasteiger partial charge in [-0.1, -0.05) is 6.92 Å². The summed E-state index contributed by atoms with van der Waals surface area (Å²) in [5, 5.41) is 12.6. The van der Waals surface area contributed by atoms with Crippen molar-refractivity contribution in [2.45, 2.75) is 50.7 Å². The minimum atomic E-state index is -0.296. The van der Waals surface area contributed by atoms with Crippen molar-refractivity contribution >= 4 is 0 Å². The Kier molecular flexibility index (Phi) is 5.58. The summed E-state index contributed by atoms with van der Waals surface area (Å²) >= 11 is 0. The van der Waals surface area contributed by atoms with E-state index in [1.807, 2.05) is 7.05 Å². The maximum absolute atomic E-state index is 9.33. The minimum Gasteiger partial charge on any atom is -0.308 e. The number of rotatable bonds is 6. The molecule has 0 aliphatic heterocycles. The summed E-state index contributed by atoms with van der Waals surface area (Å²) in [5.74, 6) is 0. The van der Waals surface area contributed by atoms with Crippen molar-refractivity contribution in [1.82, 2.24) is 15.1 Å². The number of nitriles is 1. The standard InChI is InChI=1S/C14H28N4/c1-6-18(12(2)10-17(4)5)13-7-8-14(9-13,11-15)16-3/h12-13,16H,6-10H2,1-5H3. The second-order valence-corrected chi connectivity index (χ2v) is 5.78. The molecule has 104 valence electrons. The second-order valence-electron chi connectivity index (χ2n) is 5.78. The zero-order valence-corrected chi connectivity index (χ0v) is 12.5. The van der Waals surface area contributed by atoms with E-state index >= 15 is 0 Å². The predicted octanol–water partition coefficient (Wildman–Crippen LogP) is 1.29. The zero-order chi connectivity index (χ0) is 13.8. The molecule has 1 fully saturated rings. The minimum absolute atomic E-state index is 0.296. The number of hydrogen-bond donors (Lipinski definition) is 1. The third kappa shape index (κ3) is 3.44. The lowest BCUT2D eigenvalue weighted by Crippen LogP contribution is -2.47. The fourth-order valence-corrected chi connectivity index (χ4v) is 3.25. The molecule has 3 atom stereocenters. The molecular weight excluding hydrogens is 224 g/mol. The molecule has 0 saturated heterocycles. The van der Waals surface area contributed by atoms with Crippen molar-refractivity contribution in [3.8, 4) is 6.07 Å². The van der Waals surface area contributed by atoms with E-state index in [4.69, 9.17) is 0 Å². The highest BCUT2D eigenvalue weighted by atomic mass is 15.2. The lowest BCUT2D eigenvalue weighted by Gasteiger charge is -2.35. The van der Waals surface area contributed by atoms with E-state index in [9.17, 15) is 5.26 Å². The number of nitrogens with zero attached hydrogens (tertiary/aromatic N) is 3. The van der Waals surface area contributed by atoms with Gasteiger partial charge in [-0.05, 0) is 53.9 Å². The van der Waals surface area contributed by atoms with Crippen LogP contribution in [-0.4, -0.2) is 61.7 Å². The van der Waals surface area contributed by atoms with Crippen molar-refractivity contribution < 1.29 is 0 Å². The summed E-state index contributed by atoms with van der Waals surface area (Å²) in [6.07, 6.45) is 3.04. The van der Waals surface area contributed by atoms with E-state index in [0.717, 1.165) is 32.4 Å². The fourth-order valence-electron chi connectivity index (χ4n) is 3.25. The van der Waals surface area contributed by atoms with Crippen LogP contribution in [0.15, 0.2) is 0 Å². The molecule has 0 bridgehead atoms. The number of likely N-dealkylation sites (N-methyl/N-ethyl adjacent to an activating group) is 2. The van der Waals surface area contributed by atoms with Crippen LogP contribution in [-0.2, 0) is 0 Å².